The first kappa shape index (κ1) is 21.8. The summed E-state index contributed by atoms with van der Waals surface area (Å²) in [5.74, 6) is -0.104. The van der Waals surface area contributed by atoms with Gasteiger partial charge in [-0.2, -0.15) is 10.4 Å². The van der Waals surface area contributed by atoms with Gasteiger partial charge in [-0.15, -0.1) is 0 Å². The van der Waals surface area contributed by atoms with Gasteiger partial charge in [0, 0.05) is 7.05 Å². The topological polar surface area (TPSA) is 77.1 Å². The fourth-order valence-electron chi connectivity index (χ4n) is 2.50. The first-order chi connectivity index (χ1) is 13.1. The van der Waals surface area contributed by atoms with E-state index in [1.807, 2.05) is 12.1 Å². The molecule has 148 valence electrons. The van der Waals surface area contributed by atoms with Crippen molar-refractivity contribution in [2.45, 2.75) is 33.1 Å². The van der Waals surface area contributed by atoms with Crippen molar-refractivity contribution < 1.29 is 14.3 Å². The van der Waals surface area contributed by atoms with Gasteiger partial charge in [0.15, 0.2) is 10.9 Å². The van der Waals surface area contributed by atoms with Gasteiger partial charge in [-0.05, 0) is 23.5 Å². The van der Waals surface area contributed by atoms with Crippen LogP contribution in [0.25, 0.3) is 11.3 Å². The molecule has 1 heterocycles. The van der Waals surface area contributed by atoms with E-state index in [4.69, 9.17) is 32.7 Å². The highest BCUT2D eigenvalue weighted by molar-refractivity contribution is 6.37. The minimum Gasteiger partial charge on any atom is -0.434 e. The molecule has 0 aliphatic carbocycles. The lowest BCUT2D eigenvalue weighted by atomic mass is 9.86. The van der Waals surface area contributed by atoms with Crippen LogP contribution >= 0.6 is 23.2 Å². The van der Waals surface area contributed by atoms with Crippen LogP contribution in [0.3, 0.4) is 0 Å². The molecule has 0 aliphatic rings. The number of carbonyl (C=O) groups excluding carboxylic acids is 1. The van der Waals surface area contributed by atoms with Crippen molar-refractivity contribution >= 4 is 40.7 Å². The Hall–Kier alpha value is -2.49. The Bertz CT molecular complexity index is 949. The summed E-state index contributed by atoms with van der Waals surface area (Å²) in [6.45, 7) is 8.03. The van der Waals surface area contributed by atoms with Crippen molar-refractivity contribution in [3.63, 3.8) is 0 Å². The maximum atomic E-state index is 12.0. The molecule has 0 unspecified atom stereocenters. The summed E-state index contributed by atoms with van der Waals surface area (Å²) in [7, 11) is 1.59. The predicted molar refractivity (Wildman–Crippen MR) is 109 cm³/mol. The van der Waals surface area contributed by atoms with Gasteiger partial charge in [0.25, 0.3) is 0 Å². The minimum atomic E-state index is -0.965. The van der Waals surface area contributed by atoms with E-state index in [1.54, 1.807) is 26.1 Å². The molecule has 2 aromatic rings. The summed E-state index contributed by atoms with van der Waals surface area (Å²) in [6, 6.07) is 9.48. The van der Waals surface area contributed by atoms with E-state index in [2.05, 4.69) is 31.9 Å². The fourth-order valence-corrected chi connectivity index (χ4v) is 3.05. The lowest BCUT2D eigenvalue weighted by Crippen LogP contribution is -2.11. The summed E-state index contributed by atoms with van der Waals surface area (Å²) in [6.07, 6.45) is -0.965. The van der Waals surface area contributed by atoms with Crippen LogP contribution in [0, 0.1) is 11.3 Å². The molecule has 28 heavy (non-hydrogen) atoms. The number of benzene rings is 1. The second-order valence-corrected chi connectivity index (χ2v) is 7.72. The SMILES string of the molecule is CCOC(=O)OC(=C(C#N)c1ccc(C(C)(C)C)cc1)c1c(Cl)nn(C)c1Cl. The molecule has 0 N–H and O–H groups in total. The van der Waals surface area contributed by atoms with Crippen LogP contribution < -0.4 is 0 Å². The van der Waals surface area contributed by atoms with Crippen LogP contribution in [0.2, 0.25) is 10.3 Å². The smallest absolute Gasteiger partial charge is 0.434 e. The second-order valence-electron chi connectivity index (χ2n) is 7.01. The Balaban J connectivity index is 2.68. The van der Waals surface area contributed by atoms with Crippen molar-refractivity contribution in [1.29, 1.82) is 5.26 Å². The number of aromatic nitrogens is 2. The zero-order chi connectivity index (χ0) is 21.1. The standard InChI is InChI=1S/C20H21Cl2N3O3/c1-6-27-19(26)28-16(15-17(21)24-25(5)18(15)22)14(11-23)12-7-9-13(10-8-12)20(2,3)4/h7-10H,6H2,1-5H3. The number of nitrogens with zero attached hydrogens (tertiary/aromatic N) is 3. The average Bonchev–Trinajstić information content (AvgIpc) is 2.86. The first-order valence-electron chi connectivity index (χ1n) is 8.58. The summed E-state index contributed by atoms with van der Waals surface area (Å²) >= 11 is 12.5. The molecule has 0 atom stereocenters. The number of halogens is 2. The molecule has 0 saturated heterocycles. The van der Waals surface area contributed by atoms with Gasteiger partial charge >= 0.3 is 6.16 Å². The first-order valence-corrected chi connectivity index (χ1v) is 9.34. The van der Waals surface area contributed by atoms with Gasteiger partial charge in [-0.25, -0.2) is 4.79 Å². The number of carbonyl (C=O) groups is 1. The number of nitriles is 1. The van der Waals surface area contributed by atoms with Crippen LogP contribution in [0.4, 0.5) is 4.79 Å². The van der Waals surface area contributed by atoms with Crippen molar-refractivity contribution in [2.24, 2.45) is 7.05 Å². The van der Waals surface area contributed by atoms with Crippen molar-refractivity contribution in [1.82, 2.24) is 9.78 Å². The van der Waals surface area contributed by atoms with Crippen LogP contribution in [0.1, 0.15) is 44.4 Å². The zero-order valence-electron chi connectivity index (χ0n) is 16.3. The molecular formula is C20H21Cl2N3O3. The molecule has 2 rings (SSSR count). The lowest BCUT2D eigenvalue weighted by Gasteiger charge is -2.19. The van der Waals surface area contributed by atoms with Crippen LogP contribution in [0.15, 0.2) is 24.3 Å². The average molecular weight is 422 g/mol. The fraction of sp³-hybridized carbons (Fsp3) is 0.350. The van der Waals surface area contributed by atoms with Gasteiger partial charge < -0.3 is 9.47 Å². The molecule has 0 saturated carbocycles. The molecule has 0 bridgehead atoms. The maximum Gasteiger partial charge on any atom is 0.513 e. The van der Waals surface area contributed by atoms with Crippen molar-refractivity contribution in [3.8, 4) is 6.07 Å². The highest BCUT2D eigenvalue weighted by atomic mass is 35.5. The Kier molecular flexibility index (Phi) is 6.76. The number of aryl methyl sites for hydroxylation is 1. The second kappa shape index (κ2) is 8.68. The summed E-state index contributed by atoms with van der Waals surface area (Å²) in [4.78, 5) is 12.0. The van der Waals surface area contributed by atoms with Crippen molar-refractivity contribution in [2.75, 3.05) is 6.61 Å². The molecule has 1 aromatic carbocycles. The molecule has 8 heteroatoms. The van der Waals surface area contributed by atoms with Crippen molar-refractivity contribution in [3.05, 3.63) is 51.3 Å². The van der Waals surface area contributed by atoms with Gasteiger partial charge in [0.2, 0.25) is 0 Å². The molecule has 0 radical (unpaired) electrons. The van der Waals surface area contributed by atoms with E-state index in [0.717, 1.165) is 5.56 Å². The van der Waals surface area contributed by atoms with E-state index in [-0.39, 0.29) is 39.2 Å². The number of ether oxygens (including phenoxy) is 2. The third kappa shape index (κ3) is 4.67. The van der Waals surface area contributed by atoms with E-state index < -0.39 is 6.16 Å². The van der Waals surface area contributed by atoms with Gasteiger partial charge in [0.1, 0.15) is 16.8 Å². The molecular weight excluding hydrogens is 401 g/mol. The summed E-state index contributed by atoms with van der Waals surface area (Å²) < 4.78 is 11.5. The van der Waals surface area contributed by atoms with E-state index in [1.165, 1.54) is 4.68 Å². The molecule has 0 amide bonds. The Morgan fingerprint density at radius 1 is 1.25 bits per heavy atom. The minimum absolute atomic E-state index is 0.00543. The third-order valence-corrected chi connectivity index (χ3v) is 4.69. The largest absolute Gasteiger partial charge is 0.513 e. The molecule has 0 fully saturated rings. The molecule has 0 spiro atoms. The number of rotatable bonds is 4. The van der Waals surface area contributed by atoms with Crippen LogP contribution in [-0.4, -0.2) is 22.5 Å². The Morgan fingerprint density at radius 3 is 2.29 bits per heavy atom. The van der Waals surface area contributed by atoms with E-state index in [0.29, 0.717) is 5.56 Å². The summed E-state index contributed by atoms with van der Waals surface area (Å²) in [5.41, 5.74) is 1.83. The lowest BCUT2D eigenvalue weighted by molar-refractivity contribution is 0.0955. The van der Waals surface area contributed by atoms with Crippen LogP contribution in [0.5, 0.6) is 0 Å². The monoisotopic (exact) mass is 421 g/mol. The van der Waals surface area contributed by atoms with Gasteiger partial charge in [-0.1, -0.05) is 68.2 Å². The van der Waals surface area contributed by atoms with E-state index >= 15 is 0 Å². The van der Waals surface area contributed by atoms with E-state index in [9.17, 15) is 10.1 Å². The predicted octanol–water partition coefficient (Wildman–Crippen LogP) is 5.59. The quantitative estimate of drug-likeness (QED) is 0.365. The Morgan fingerprint density at radius 2 is 1.86 bits per heavy atom. The number of hydrogen-bond acceptors (Lipinski definition) is 5. The molecule has 6 nitrogen and oxygen atoms in total. The third-order valence-electron chi connectivity index (χ3n) is 3.99. The maximum absolute atomic E-state index is 12.0. The van der Waals surface area contributed by atoms with Gasteiger partial charge in [-0.3, -0.25) is 4.68 Å². The normalized spacial score (nSPS) is 12.2. The van der Waals surface area contributed by atoms with Gasteiger partial charge in [0.05, 0.1) is 12.2 Å². The highest BCUT2D eigenvalue weighted by Gasteiger charge is 2.26. The highest BCUT2D eigenvalue weighted by Crippen LogP contribution is 2.36. The molecule has 1 aromatic heterocycles. The van der Waals surface area contributed by atoms with Crippen LogP contribution in [-0.2, 0) is 21.9 Å². The number of hydrogen-bond donors (Lipinski definition) is 0. The summed E-state index contributed by atoms with van der Waals surface area (Å²) in [5, 5.41) is 14.0. The number of allylic oxidation sites excluding steroid dienone is 1. The molecule has 0 aliphatic heterocycles. The zero-order valence-corrected chi connectivity index (χ0v) is 17.9. The Labute approximate surface area is 174 Å².